The molecule has 0 saturated carbocycles. The van der Waals surface area contributed by atoms with Gasteiger partial charge >= 0.3 is 0 Å². The van der Waals surface area contributed by atoms with E-state index in [1.807, 2.05) is 36.7 Å². The minimum Gasteiger partial charge on any atom is -0.375 e. The second kappa shape index (κ2) is 8.18. The highest BCUT2D eigenvalue weighted by Gasteiger charge is 2.23. The average Bonchev–Trinajstić information content (AvgIpc) is 3.41. The highest BCUT2D eigenvalue weighted by atomic mass is 32.1. The molecule has 1 aromatic carbocycles. The average molecular weight is 410 g/mol. The van der Waals surface area contributed by atoms with Crippen LogP contribution in [-0.4, -0.2) is 52.7 Å². The molecule has 150 valence electrons. The Kier molecular flexibility index (Phi) is 5.46. The fraction of sp³-hybridized carbons (Fsp3) is 0.286. The van der Waals surface area contributed by atoms with Gasteiger partial charge in [0.25, 0.3) is 11.8 Å². The standard InChI is InChI=1S/C21H22N4O3S/c1-13-3-4-15(21(27)25-6-7-28-14(2)11-25)9-17(13)22-20(26)19-10-18(23-24-19)16-5-8-29-12-16/h3-5,8-10,12,14H,6-7,11H2,1-2H3,(H,22,26)(H,23,24). The first kappa shape index (κ1) is 19.4. The molecule has 1 fully saturated rings. The number of carbonyl (C=O) groups excluding carboxylic acids is 2. The number of anilines is 1. The Morgan fingerprint density at radius 3 is 2.93 bits per heavy atom. The van der Waals surface area contributed by atoms with Crippen LogP contribution in [0.3, 0.4) is 0 Å². The Bertz CT molecular complexity index is 1030. The number of thiophene rings is 1. The molecule has 1 unspecified atom stereocenters. The van der Waals surface area contributed by atoms with Crippen molar-refractivity contribution < 1.29 is 14.3 Å². The van der Waals surface area contributed by atoms with E-state index in [9.17, 15) is 9.59 Å². The molecule has 0 bridgehead atoms. The SMILES string of the molecule is Cc1ccc(C(=O)N2CCOC(C)C2)cc1NC(=O)c1cc(-c2ccsc2)n[nH]1. The number of morpholine rings is 1. The lowest BCUT2D eigenvalue weighted by molar-refractivity contribution is -0.0124. The van der Waals surface area contributed by atoms with Gasteiger partial charge in [0.2, 0.25) is 0 Å². The Hall–Kier alpha value is -2.97. The third-order valence-corrected chi connectivity index (χ3v) is 5.58. The molecule has 0 radical (unpaired) electrons. The molecule has 1 atom stereocenters. The molecule has 0 spiro atoms. The van der Waals surface area contributed by atoms with Gasteiger partial charge in [-0.25, -0.2) is 0 Å². The number of H-pyrrole nitrogens is 1. The summed E-state index contributed by atoms with van der Waals surface area (Å²) in [5.41, 5.74) is 4.08. The number of nitrogens with zero attached hydrogens (tertiary/aromatic N) is 2. The minimum absolute atomic E-state index is 0.0233. The summed E-state index contributed by atoms with van der Waals surface area (Å²) in [4.78, 5) is 27.3. The first-order valence-corrected chi connectivity index (χ1v) is 10.4. The largest absolute Gasteiger partial charge is 0.375 e. The van der Waals surface area contributed by atoms with Crippen LogP contribution in [-0.2, 0) is 4.74 Å². The third kappa shape index (κ3) is 4.23. The summed E-state index contributed by atoms with van der Waals surface area (Å²) >= 11 is 1.57. The topological polar surface area (TPSA) is 87.3 Å². The number of aromatic amines is 1. The zero-order valence-electron chi connectivity index (χ0n) is 16.3. The van der Waals surface area contributed by atoms with Crippen molar-refractivity contribution in [3.8, 4) is 11.3 Å². The Morgan fingerprint density at radius 2 is 2.17 bits per heavy atom. The molecule has 2 N–H and O–H groups in total. The van der Waals surface area contributed by atoms with Crippen LogP contribution in [0, 0.1) is 6.92 Å². The quantitative estimate of drug-likeness (QED) is 0.688. The molecule has 8 heteroatoms. The monoisotopic (exact) mass is 410 g/mol. The lowest BCUT2D eigenvalue weighted by atomic mass is 10.1. The fourth-order valence-corrected chi connectivity index (χ4v) is 3.91. The van der Waals surface area contributed by atoms with Crippen LogP contribution in [0.1, 0.15) is 33.3 Å². The first-order valence-electron chi connectivity index (χ1n) is 9.42. The van der Waals surface area contributed by atoms with E-state index in [0.717, 1.165) is 16.8 Å². The normalized spacial score (nSPS) is 16.6. The Balaban J connectivity index is 1.50. The van der Waals surface area contributed by atoms with Gasteiger partial charge in [0.1, 0.15) is 5.69 Å². The smallest absolute Gasteiger partial charge is 0.273 e. The summed E-state index contributed by atoms with van der Waals surface area (Å²) in [5.74, 6) is -0.358. The number of ether oxygens (including phenoxy) is 1. The molecule has 3 aromatic rings. The zero-order valence-corrected chi connectivity index (χ0v) is 17.1. The summed E-state index contributed by atoms with van der Waals surface area (Å²) in [5, 5.41) is 13.8. The van der Waals surface area contributed by atoms with Crippen molar-refractivity contribution in [3.63, 3.8) is 0 Å². The molecule has 3 heterocycles. The molecule has 7 nitrogen and oxygen atoms in total. The van der Waals surface area contributed by atoms with E-state index in [0.29, 0.717) is 36.6 Å². The number of aromatic nitrogens is 2. The number of rotatable bonds is 4. The molecule has 0 aliphatic carbocycles. The summed E-state index contributed by atoms with van der Waals surface area (Å²) < 4.78 is 5.51. The number of amides is 2. The molecule has 29 heavy (non-hydrogen) atoms. The van der Waals surface area contributed by atoms with E-state index in [1.54, 1.807) is 34.4 Å². The maximum Gasteiger partial charge on any atom is 0.273 e. The van der Waals surface area contributed by atoms with Crippen LogP contribution in [0.25, 0.3) is 11.3 Å². The number of nitrogens with one attached hydrogen (secondary N) is 2. The maximum atomic E-state index is 12.8. The predicted molar refractivity (Wildman–Crippen MR) is 112 cm³/mol. The molecular formula is C21H22N4O3S. The van der Waals surface area contributed by atoms with Crippen LogP contribution in [0.2, 0.25) is 0 Å². The van der Waals surface area contributed by atoms with Crippen LogP contribution in [0.5, 0.6) is 0 Å². The molecule has 1 aliphatic rings. The number of hydrogen-bond acceptors (Lipinski definition) is 5. The van der Waals surface area contributed by atoms with Gasteiger partial charge in [0.15, 0.2) is 0 Å². The predicted octanol–water partition coefficient (Wildman–Crippen LogP) is 3.56. The van der Waals surface area contributed by atoms with Gasteiger partial charge in [0, 0.05) is 35.3 Å². The van der Waals surface area contributed by atoms with Crippen molar-refractivity contribution in [2.75, 3.05) is 25.0 Å². The molecular weight excluding hydrogens is 388 g/mol. The van der Waals surface area contributed by atoms with E-state index in [-0.39, 0.29) is 17.9 Å². The van der Waals surface area contributed by atoms with Gasteiger partial charge in [-0.1, -0.05) is 6.07 Å². The van der Waals surface area contributed by atoms with Crippen LogP contribution in [0.15, 0.2) is 41.1 Å². The molecule has 2 aromatic heterocycles. The number of benzene rings is 1. The lowest BCUT2D eigenvalue weighted by Gasteiger charge is -2.31. The molecule has 1 aliphatic heterocycles. The highest BCUT2D eigenvalue weighted by Crippen LogP contribution is 2.23. The number of hydrogen-bond donors (Lipinski definition) is 2. The number of aryl methyl sites for hydroxylation is 1. The molecule has 4 rings (SSSR count). The highest BCUT2D eigenvalue weighted by molar-refractivity contribution is 7.08. The van der Waals surface area contributed by atoms with E-state index in [4.69, 9.17) is 4.74 Å². The number of carbonyl (C=O) groups is 2. The van der Waals surface area contributed by atoms with Crippen molar-refractivity contribution in [3.05, 3.63) is 57.9 Å². The van der Waals surface area contributed by atoms with E-state index >= 15 is 0 Å². The van der Waals surface area contributed by atoms with Gasteiger partial charge in [-0.3, -0.25) is 14.7 Å². The summed E-state index contributed by atoms with van der Waals surface area (Å²) in [6.07, 6.45) is 0.0233. The van der Waals surface area contributed by atoms with Crippen LogP contribution in [0.4, 0.5) is 5.69 Å². The summed E-state index contributed by atoms with van der Waals surface area (Å²) in [6, 6.07) is 9.03. The Labute approximate surface area is 172 Å². The second-order valence-electron chi connectivity index (χ2n) is 7.10. The summed E-state index contributed by atoms with van der Waals surface area (Å²) in [6.45, 7) is 5.51. The van der Waals surface area contributed by atoms with Crippen molar-refractivity contribution in [2.24, 2.45) is 0 Å². The molecule has 2 amide bonds. The lowest BCUT2D eigenvalue weighted by Crippen LogP contribution is -2.44. The molecule has 1 saturated heterocycles. The minimum atomic E-state index is -0.299. The zero-order chi connectivity index (χ0) is 20.4. The Morgan fingerprint density at radius 1 is 1.31 bits per heavy atom. The van der Waals surface area contributed by atoms with Gasteiger partial charge in [-0.2, -0.15) is 16.4 Å². The third-order valence-electron chi connectivity index (χ3n) is 4.90. The van der Waals surface area contributed by atoms with E-state index < -0.39 is 0 Å². The van der Waals surface area contributed by atoms with Crippen molar-refractivity contribution in [2.45, 2.75) is 20.0 Å². The summed E-state index contributed by atoms with van der Waals surface area (Å²) in [7, 11) is 0. The first-order chi connectivity index (χ1) is 14.0. The van der Waals surface area contributed by atoms with Crippen LogP contribution >= 0.6 is 11.3 Å². The van der Waals surface area contributed by atoms with Crippen molar-refractivity contribution >= 4 is 28.8 Å². The van der Waals surface area contributed by atoms with Crippen molar-refractivity contribution in [1.82, 2.24) is 15.1 Å². The van der Waals surface area contributed by atoms with E-state index in [2.05, 4.69) is 15.5 Å². The van der Waals surface area contributed by atoms with Gasteiger partial charge < -0.3 is 15.0 Å². The fourth-order valence-electron chi connectivity index (χ4n) is 3.26. The van der Waals surface area contributed by atoms with Crippen LogP contribution < -0.4 is 5.32 Å². The van der Waals surface area contributed by atoms with Crippen molar-refractivity contribution in [1.29, 1.82) is 0 Å². The second-order valence-corrected chi connectivity index (χ2v) is 7.88. The van der Waals surface area contributed by atoms with Gasteiger partial charge in [0.05, 0.1) is 18.4 Å². The maximum absolute atomic E-state index is 12.8. The van der Waals surface area contributed by atoms with Gasteiger partial charge in [-0.15, -0.1) is 0 Å². The van der Waals surface area contributed by atoms with E-state index in [1.165, 1.54) is 0 Å². The van der Waals surface area contributed by atoms with Gasteiger partial charge in [-0.05, 0) is 49.1 Å².